The number of hydrogen-bond acceptors (Lipinski definition) is 5. The van der Waals surface area contributed by atoms with Gasteiger partial charge in [-0.25, -0.2) is 17.2 Å². The zero-order valence-electron chi connectivity index (χ0n) is 22.0. The van der Waals surface area contributed by atoms with E-state index in [9.17, 15) is 27.1 Å². The minimum absolute atomic E-state index is 0.00773. The lowest BCUT2D eigenvalue weighted by atomic mass is 9.73. The molecule has 0 radical (unpaired) electrons. The molecule has 10 heteroatoms. The second-order valence-electron chi connectivity index (χ2n) is 11.2. The number of amides is 1. The van der Waals surface area contributed by atoms with E-state index in [2.05, 4.69) is 37.9 Å². The van der Waals surface area contributed by atoms with Gasteiger partial charge in [0.25, 0.3) is 5.91 Å². The van der Waals surface area contributed by atoms with Gasteiger partial charge in [-0.2, -0.15) is 0 Å². The molecule has 2 N–H and O–H groups in total. The molecule has 0 aliphatic heterocycles. The van der Waals surface area contributed by atoms with Crippen LogP contribution in [0.2, 0.25) is 5.02 Å². The van der Waals surface area contributed by atoms with E-state index < -0.39 is 38.2 Å². The van der Waals surface area contributed by atoms with Crippen LogP contribution in [0, 0.1) is 23.5 Å². The van der Waals surface area contributed by atoms with Crippen LogP contribution in [0.15, 0.2) is 41.3 Å². The smallest absolute Gasteiger partial charge is 0.255 e. The highest BCUT2D eigenvalue weighted by molar-refractivity contribution is 7.92. The highest BCUT2D eigenvalue weighted by Gasteiger charge is 2.56. The molecule has 2 aliphatic carbocycles. The summed E-state index contributed by atoms with van der Waals surface area (Å²) in [6.07, 6.45) is 2.17. The number of rotatable bonds is 8. The first-order valence-electron chi connectivity index (χ1n) is 13.0. The zero-order valence-corrected chi connectivity index (χ0v) is 23.6. The van der Waals surface area contributed by atoms with E-state index in [0.717, 1.165) is 25.0 Å². The summed E-state index contributed by atoms with van der Waals surface area (Å²) in [5, 5.41) is 13.5. The summed E-state index contributed by atoms with van der Waals surface area (Å²) in [7, 11) is -3.92. The molecule has 1 amide bonds. The molecule has 6 nitrogen and oxygen atoms in total. The monoisotopic (exact) mass is 568 g/mol. The van der Waals surface area contributed by atoms with Gasteiger partial charge in [0.05, 0.1) is 20.8 Å². The molecule has 4 rings (SSSR count). The van der Waals surface area contributed by atoms with Gasteiger partial charge in [-0.1, -0.05) is 11.6 Å². The molecule has 0 saturated heterocycles. The van der Waals surface area contributed by atoms with Crippen molar-refractivity contribution in [3.8, 4) is 0 Å². The quantitative estimate of drug-likeness (QED) is 0.428. The lowest BCUT2D eigenvalue weighted by molar-refractivity contribution is -0.0904. The zero-order chi connectivity index (χ0) is 28.0. The van der Waals surface area contributed by atoms with Crippen LogP contribution < -0.4 is 5.32 Å². The Morgan fingerprint density at radius 2 is 1.66 bits per heavy atom. The van der Waals surface area contributed by atoms with Gasteiger partial charge in [0, 0.05) is 35.9 Å². The molecule has 2 fully saturated rings. The molecule has 0 spiro atoms. The molecule has 0 aromatic heterocycles. The van der Waals surface area contributed by atoms with Crippen molar-refractivity contribution in [2.24, 2.45) is 11.8 Å². The first-order chi connectivity index (χ1) is 17.7. The second kappa shape index (κ2) is 10.8. The fourth-order valence-electron chi connectivity index (χ4n) is 6.20. The third kappa shape index (κ3) is 5.48. The topological polar surface area (TPSA) is 86.7 Å². The lowest BCUT2D eigenvalue weighted by Gasteiger charge is -2.47. The van der Waals surface area contributed by atoms with E-state index in [0.29, 0.717) is 19.4 Å². The normalized spacial score (nSPS) is 25.4. The standard InChI is InChI=1S/C28H35ClF2N2O4S/c1-16(2)33(17(3)4)15-28(35)19-6-7-20(28)13-22(12-19)38(36,37)26-11-18(5-9-23(26)29)27(34)32-21-8-10-24(30)25(31)14-21/h5,8-11,14,16-17,19-20,22,35H,6-7,12-13,15H2,1-4H3,(H,32,34)/t19-,20?,22-,28-/m0/s1. The minimum atomic E-state index is -3.92. The Balaban J connectivity index is 1.56. The van der Waals surface area contributed by atoms with Crippen molar-refractivity contribution < 1.29 is 27.1 Å². The van der Waals surface area contributed by atoms with E-state index in [4.69, 9.17) is 11.6 Å². The number of fused-ring (bicyclic) bond motifs is 2. The van der Waals surface area contributed by atoms with Crippen LogP contribution in [-0.2, 0) is 9.84 Å². The van der Waals surface area contributed by atoms with Gasteiger partial charge in [-0.15, -0.1) is 0 Å². The SMILES string of the molecule is CC(C)N(C[C@@]1(O)C2CC[C@H]1C[C@H](S(=O)(=O)c1cc(C(=O)Nc3ccc(F)c(F)c3)ccc1Cl)C2)C(C)C. The molecule has 4 atom stereocenters. The third-order valence-electron chi connectivity index (χ3n) is 8.25. The van der Waals surface area contributed by atoms with Crippen molar-refractivity contribution in [2.75, 3.05) is 11.9 Å². The van der Waals surface area contributed by atoms with E-state index in [1.165, 1.54) is 24.3 Å². The number of halogens is 3. The fourth-order valence-corrected chi connectivity index (χ4v) is 8.60. The van der Waals surface area contributed by atoms with E-state index in [1.54, 1.807) is 0 Å². The Bertz CT molecular complexity index is 1300. The molecule has 0 heterocycles. The van der Waals surface area contributed by atoms with Gasteiger partial charge < -0.3 is 10.4 Å². The number of carbonyl (C=O) groups is 1. The summed E-state index contributed by atoms with van der Waals surface area (Å²) in [5.41, 5.74) is -0.887. The number of nitrogens with zero attached hydrogens (tertiary/aromatic N) is 1. The summed E-state index contributed by atoms with van der Waals surface area (Å²) in [4.78, 5) is 14.9. The Kier molecular flexibility index (Phi) is 8.25. The van der Waals surface area contributed by atoms with Crippen molar-refractivity contribution in [1.29, 1.82) is 0 Å². The summed E-state index contributed by atoms with van der Waals surface area (Å²) in [5.74, 6) is -3.14. The second-order valence-corrected chi connectivity index (χ2v) is 13.8. The maximum absolute atomic E-state index is 13.8. The largest absolute Gasteiger partial charge is 0.388 e. The van der Waals surface area contributed by atoms with Crippen LogP contribution in [0.3, 0.4) is 0 Å². The van der Waals surface area contributed by atoms with E-state index in [1.807, 2.05) is 0 Å². The molecule has 2 aromatic rings. The predicted octanol–water partition coefficient (Wildman–Crippen LogP) is 5.68. The van der Waals surface area contributed by atoms with Gasteiger partial charge in [0.15, 0.2) is 21.5 Å². The first-order valence-corrected chi connectivity index (χ1v) is 14.9. The molecular formula is C28H35ClF2N2O4S. The molecular weight excluding hydrogens is 534 g/mol. The van der Waals surface area contributed by atoms with Crippen molar-refractivity contribution >= 4 is 33.0 Å². The molecule has 1 unspecified atom stereocenters. The van der Waals surface area contributed by atoms with Crippen LogP contribution in [0.25, 0.3) is 0 Å². The summed E-state index contributed by atoms with van der Waals surface area (Å²) >= 11 is 6.33. The van der Waals surface area contributed by atoms with Crippen LogP contribution in [0.4, 0.5) is 14.5 Å². The number of nitrogens with one attached hydrogen (secondary N) is 1. The maximum Gasteiger partial charge on any atom is 0.255 e. The fraction of sp³-hybridized carbons (Fsp3) is 0.536. The van der Waals surface area contributed by atoms with Gasteiger partial charge in [0.2, 0.25) is 0 Å². The van der Waals surface area contributed by atoms with Gasteiger partial charge in [-0.05, 0) is 95.5 Å². The number of anilines is 1. The van der Waals surface area contributed by atoms with Gasteiger partial charge in [-0.3, -0.25) is 9.69 Å². The maximum atomic E-state index is 13.8. The Labute approximate surface area is 228 Å². The highest BCUT2D eigenvalue weighted by Crippen LogP contribution is 2.52. The first kappa shape index (κ1) is 28.9. The van der Waals surface area contributed by atoms with Crippen molar-refractivity contribution in [3.63, 3.8) is 0 Å². The number of benzene rings is 2. The summed E-state index contributed by atoms with van der Waals surface area (Å²) in [6, 6.07) is 7.41. The van der Waals surface area contributed by atoms with E-state index >= 15 is 0 Å². The Hall–Kier alpha value is -2.07. The molecule has 2 aliphatic rings. The van der Waals surface area contributed by atoms with Gasteiger partial charge >= 0.3 is 0 Å². The Morgan fingerprint density at radius 3 is 2.21 bits per heavy atom. The summed E-state index contributed by atoms with van der Waals surface area (Å²) in [6.45, 7) is 8.89. The predicted molar refractivity (Wildman–Crippen MR) is 144 cm³/mol. The third-order valence-corrected chi connectivity index (χ3v) is 10.9. The van der Waals surface area contributed by atoms with Crippen molar-refractivity contribution in [1.82, 2.24) is 4.90 Å². The van der Waals surface area contributed by atoms with Crippen LogP contribution in [0.1, 0.15) is 63.7 Å². The molecule has 208 valence electrons. The molecule has 2 saturated carbocycles. The van der Waals surface area contributed by atoms with Crippen LogP contribution in [0.5, 0.6) is 0 Å². The summed E-state index contributed by atoms with van der Waals surface area (Å²) < 4.78 is 54.3. The number of carbonyl (C=O) groups excluding carboxylic acids is 1. The van der Waals surface area contributed by atoms with E-state index in [-0.39, 0.29) is 45.1 Å². The number of aliphatic hydroxyl groups is 1. The van der Waals surface area contributed by atoms with Crippen molar-refractivity contribution in [3.05, 3.63) is 58.6 Å². The molecule has 38 heavy (non-hydrogen) atoms. The average Bonchev–Trinajstić information content (AvgIpc) is 2.99. The highest BCUT2D eigenvalue weighted by atomic mass is 35.5. The minimum Gasteiger partial charge on any atom is -0.388 e. The van der Waals surface area contributed by atoms with Gasteiger partial charge in [0.1, 0.15) is 0 Å². The Morgan fingerprint density at radius 1 is 1.05 bits per heavy atom. The molecule has 2 bridgehead atoms. The van der Waals surface area contributed by atoms with Crippen molar-refractivity contribution in [2.45, 2.75) is 81.2 Å². The molecule has 2 aromatic carbocycles. The lowest BCUT2D eigenvalue weighted by Crippen LogP contribution is -2.57. The van der Waals surface area contributed by atoms with Crippen LogP contribution in [-0.4, -0.2) is 53.8 Å². The van der Waals surface area contributed by atoms with Crippen LogP contribution >= 0.6 is 11.6 Å². The average molecular weight is 569 g/mol. The number of sulfone groups is 1. The number of hydrogen-bond donors (Lipinski definition) is 2.